The molecule has 9 nitrogen and oxygen atoms in total. The number of aromatic nitrogens is 3. The van der Waals surface area contributed by atoms with Crippen LogP contribution in [0.4, 0.5) is 0 Å². The summed E-state index contributed by atoms with van der Waals surface area (Å²) in [4.78, 5) is 32.8. The third-order valence-electron chi connectivity index (χ3n) is 5.91. The van der Waals surface area contributed by atoms with Crippen molar-refractivity contribution >= 4 is 22.9 Å². The van der Waals surface area contributed by atoms with Crippen LogP contribution in [0.2, 0.25) is 0 Å². The summed E-state index contributed by atoms with van der Waals surface area (Å²) in [5, 5.41) is 5.41. The lowest BCUT2D eigenvalue weighted by Crippen LogP contribution is -2.36. The first-order valence-corrected chi connectivity index (χ1v) is 11.9. The van der Waals surface area contributed by atoms with Crippen LogP contribution in [-0.4, -0.2) is 59.4 Å². The first kappa shape index (κ1) is 27.0. The largest absolute Gasteiger partial charge is 0.497 e. The summed E-state index contributed by atoms with van der Waals surface area (Å²) in [6, 6.07) is 7.18. The molecule has 0 radical (unpaired) electrons. The van der Waals surface area contributed by atoms with E-state index in [-0.39, 0.29) is 30.5 Å². The molecule has 2 aromatic heterocycles. The second kappa shape index (κ2) is 10.6. The highest BCUT2D eigenvalue weighted by Crippen LogP contribution is 2.30. The van der Waals surface area contributed by atoms with Gasteiger partial charge >= 0.3 is 5.97 Å². The highest BCUT2D eigenvalue weighted by atomic mass is 16.5. The number of nitrogens with zero attached hydrogens (tertiary/aromatic N) is 4. The Morgan fingerprint density at radius 2 is 1.64 bits per heavy atom. The molecule has 0 aliphatic carbocycles. The van der Waals surface area contributed by atoms with Crippen molar-refractivity contribution in [1.29, 1.82) is 0 Å². The highest BCUT2D eigenvalue weighted by Gasteiger charge is 2.28. The summed E-state index contributed by atoms with van der Waals surface area (Å²) in [6.45, 7) is 12.0. The topological polar surface area (TPSA) is 95.8 Å². The molecular weight excluding hydrogens is 460 g/mol. The Morgan fingerprint density at radius 3 is 2.14 bits per heavy atom. The number of methoxy groups -OCH3 is 3. The molecule has 0 fully saturated rings. The molecule has 3 aromatic rings. The monoisotopic (exact) mass is 496 g/mol. The number of esters is 1. The van der Waals surface area contributed by atoms with E-state index in [0.717, 1.165) is 11.3 Å². The number of hydrogen-bond donors (Lipinski definition) is 0. The van der Waals surface area contributed by atoms with Crippen molar-refractivity contribution in [2.45, 2.75) is 59.5 Å². The number of carbonyl (C=O) groups is 2. The number of rotatable bonds is 8. The molecule has 0 saturated carbocycles. The van der Waals surface area contributed by atoms with E-state index in [4.69, 9.17) is 24.3 Å². The lowest BCUT2D eigenvalue weighted by molar-refractivity contribution is -0.141. The average Bonchev–Trinajstić information content (AvgIpc) is 3.19. The quantitative estimate of drug-likeness (QED) is 0.425. The molecule has 1 amide bonds. The van der Waals surface area contributed by atoms with Crippen LogP contribution in [0.5, 0.6) is 11.5 Å². The van der Waals surface area contributed by atoms with Gasteiger partial charge in [0.1, 0.15) is 18.0 Å². The lowest BCUT2D eigenvalue weighted by Gasteiger charge is -2.24. The van der Waals surface area contributed by atoms with Crippen LogP contribution in [0.15, 0.2) is 24.3 Å². The Balaban J connectivity index is 2.19. The second-order valence-corrected chi connectivity index (χ2v) is 10.1. The number of ether oxygens (including phenoxy) is 3. The van der Waals surface area contributed by atoms with Gasteiger partial charge in [-0.25, -0.2) is 9.67 Å². The zero-order chi connectivity index (χ0) is 26.8. The van der Waals surface area contributed by atoms with E-state index >= 15 is 0 Å². The van der Waals surface area contributed by atoms with Gasteiger partial charge in [0.2, 0.25) is 0 Å². The molecule has 0 N–H and O–H groups in total. The molecule has 2 heterocycles. The van der Waals surface area contributed by atoms with Gasteiger partial charge in [0.05, 0.1) is 43.5 Å². The molecule has 0 spiro atoms. The molecule has 194 valence electrons. The first-order valence-electron chi connectivity index (χ1n) is 11.9. The fourth-order valence-corrected chi connectivity index (χ4v) is 4.01. The van der Waals surface area contributed by atoms with E-state index in [9.17, 15) is 9.59 Å². The summed E-state index contributed by atoms with van der Waals surface area (Å²) in [5.74, 6) is 0.431. The summed E-state index contributed by atoms with van der Waals surface area (Å²) < 4.78 is 17.5. The predicted octanol–water partition coefficient (Wildman–Crippen LogP) is 4.45. The molecule has 9 heteroatoms. The maximum atomic E-state index is 14.1. The average molecular weight is 497 g/mol. The Hall–Kier alpha value is -3.62. The Kier molecular flexibility index (Phi) is 7.91. The molecule has 36 heavy (non-hydrogen) atoms. The fourth-order valence-electron chi connectivity index (χ4n) is 4.01. The number of benzene rings is 1. The van der Waals surface area contributed by atoms with Crippen LogP contribution in [0.1, 0.15) is 67.8 Å². The van der Waals surface area contributed by atoms with Gasteiger partial charge in [-0.05, 0) is 57.4 Å². The van der Waals surface area contributed by atoms with E-state index in [0.29, 0.717) is 33.8 Å². The maximum Gasteiger partial charge on any atom is 0.325 e. The van der Waals surface area contributed by atoms with Crippen molar-refractivity contribution in [3.63, 3.8) is 0 Å². The van der Waals surface area contributed by atoms with Crippen LogP contribution in [0, 0.1) is 6.92 Å². The van der Waals surface area contributed by atoms with Crippen molar-refractivity contribution < 1.29 is 23.8 Å². The highest BCUT2D eigenvalue weighted by molar-refractivity contribution is 6.07. The molecule has 0 atom stereocenters. The van der Waals surface area contributed by atoms with Gasteiger partial charge in [-0.3, -0.25) is 9.59 Å². The molecule has 0 saturated heterocycles. The zero-order valence-corrected chi connectivity index (χ0v) is 22.6. The first-order chi connectivity index (χ1) is 16.9. The van der Waals surface area contributed by atoms with Gasteiger partial charge in [-0.15, -0.1) is 0 Å². The predicted molar refractivity (Wildman–Crippen MR) is 138 cm³/mol. The Morgan fingerprint density at radius 1 is 1.03 bits per heavy atom. The number of pyridine rings is 1. The van der Waals surface area contributed by atoms with Crippen LogP contribution < -0.4 is 9.47 Å². The van der Waals surface area contributed by atoms with Gasteiger partial charge in [0.15, 0.2) is 5.65 Å². The molecular formula is C27H36N4O5. The summed E-state index contributed by atoms with van der Waals surface area (Å²) in [5.41, 5.74) is 2.99. The zero-order valence-electron chi connectivity index (χ0n) is 22.6. The van der Waals surface area contributed by atoms with Crippen molar-refractivity contribution in [2.24, 2.45) is 0 Å². The van der Waals surface area contributed by atoms with Crippen LogP contribution in [0.3, 0.4) is 0 Å². The maximum absolute atomic E-state index is 14.1. The number of aryl methyl sites for hydroxylation is 1. The van der Waals surface area contributed by atoms with Crippen molar-refractivity contribution in [3.8, 4) is 11.5 Å². The van der Waals surface area contributed by atoms with Crippen molar-refractivity contribution in [1.82, 2.24) is 19.7 Å². The Bertz CT molecular complexity index is 1250. The van der Waals surface area contributed by atoms with E-state index in [1.54, 1.807) is 20.3 Å². The number of fused-ring (bicyclic) bond motifs is 1. The van der Waals surface area contributed by atoms with E-state index in [1.807, 2.05) is 64.4 Å². The molecule has 3 rings (SSSR count). The number of carbonyl (C=O) groups excluding carboxylic acids is 2. The number of amides is 1. The lowest BCUT2D eigenvalue weighted by atomic mass is 10.0. The van der Waals surface area contributed by atoms with E-state index in [1.165, 1.54) is 12.0 Å². The third-order valence-corrected chi connectivity index (χ3v) is 5.91. The van der Waals surface area contributed by atoms with Gasteiger partial charge in [0.25, 0.3) is 5.91 Å². The van der Waals surface area contributed by atoms with E-state index < -0.39 is 5.97 Å². The number of hydrogen-bond acceptors (Lipinski definition) is 7. The van der Waals surface area contributed by atoms with Crippen LogP contribution in [-0.2, 0) is 21.6 Å². The third kappa shape index (κ3) is 5.61. The van der Waals surface area contributed by atoms with Crippen LogP contribution in [0.25, 0.3) is 11.0 Å². The van der Waals surface area contributed by atoms with E-state index in [2.05, 4.69) is 0 Å². The fraction of sp³-hybridized carbons (Fsp3) is 0.481. The minimum absolute atomic E-state index is 0.0845. The molecule has 0 aliphatic rings. The molecule has 0 unspecified atom stereocenters. The van der Waals surface area contributed by atoms with Crippen molar-refractivity contribution in [3.05, 3.63) is 46.8 Å². The molecule has 1 aromatic carbocycles. The minimum atomic E-state index is -0.519. The standard InChI is InChI=1S/C27H36N4O5/c1-16(2)22-13-21(24-17(3)29-31(25(24)28-22)27(4,5)6)26(33)30(15-23(32)36-9)14-18-10-19(34-7)12-20(11-18)35-8/h10-13,16H,14-15H2,1-9H3. The SMILES string of the molecule is COC(=O)CN(Cc1cc(OC)cc(OC)c1)C(=O)c1cc(C(C)C)nc2c1c(C)nn2C(C)(C)C. The van der Waals surface area contributed by atoms with Gasteiger partial charge in [0, 0.05) is 18.3 Å². The smallest absolute Gasteiger partial charge is 0.325 e. The molecule has 0 aliphatic heterocycles. The summed E-state index contributed by atoms with van der Waals surface area (Å²) >= 11 is 0. The minimum Gasteiger partial charge on any atom is -0.497 e. The molecule has 0 bridgehead atoms. The van der Waals surface area contributed by atoms with Gasteiger partial charge in [-0.2, -0.15) is 5.10 Å². The van der Waals surface area contributed by atoms with Gasteiger partial charge < -0.3 is 19.1 Å². The van der Waals surface area contributed by atoms with Crippen molar-refractivity contribution in [2.75, 3.05) is 27.9 Å². The second-order valence-electron chi connectivity index (χ2n) is 10.1. The summed E-state index contributed by atoms with van der Waals surface area (Å²) in [7, 11) is 4.43. The Labute approximate surface area is 212 Å². The van der Waals surface area contributed by atoms with Gasteiger partial charge in [-0.1, -0.05) is 13.8 Å². The summed E-state index contributed by atoms with van der Waals surface area (Å²) in [6.07, 6.45) is 0. The van der Waals surface area contributed by atoms with Crippen LogP contribution >= 0.6 is 0 Å². The normalized spacial score (nSPS) is 11.6.